The lowest BCUT2D eigenvalue weighted by molar-refractivity contribution is -0.145. The minimum absolute atomic E-state index is 0.238. The molecule has 0 aliphatic carbocycles. The molecule has 6 nitrogen and oxygen atoms in total. The molecule has 1 aliphatic rings. The third kappa shape index (κ3) is 3.39. The van der Waals surface area contributed by atoms with E-state index in [1.807, 2.05) is 0 Å². The average molecular weight is 367 g/mol. The summed E-state index contributed by atoms with van der Waals surface area (Å²) >= 11 is 6.27. The van der Waals surface area contributed by atoms with E-state index in [1.165, 1.54) is 14.2 Å². The second-order valence-electron chi connectivity index (χ2n) is 4.90. The summed E-state index contributed by atoms with van der Waals surface area (Å²) < 4.78 is 10.8. The summed E-state index contributed by atoms with van der Waals surface area (Å²) in [6.07, 6.45) is 1.91. The second kappa shape index (κ2) is 7.67. The molecule has 0 saturated carbocycles. The van der Waals surface area contributed by atoms with E-state index in [1.54, 1.807) is 31.2 Å². The van der Waals surface area contributed by atoms with Crippen LogP contribution in [0, 0.1) is 0 Å². The van der Waals surface area contributed by atoms with Gasteiger partial charge in [0.2, 0.25) is 0 Å². The maximum absolute atomic E-state index is 12.6. The molecule has 1 N–H and O–H groups in total. The van der Waals surface area contributed by atoms with Crippen molar-refractivity contribution in [1.82, 2.24) is 4.90 Å². The number of carbonyl (C=O) groups is 2. The molecule has 0 unspecified atom stereocenters. The maximum atomic E-state index is 12.6. The largest absolute Gasteiger partial charge is 0.493 e. The van der Waals surface area contributed by atoms with Gasteiger partial charge in [-0.25, -0.2) is 4.79 Å². The molecule has 0 spiro atoms. The number of hydrogen-bond donors (Lipinski definition) is 1. The number of aliphatic carboxylic acids is 1. The quantitative estimate of drug-likeness (QED) is 0.612. The predicted molar refractivity (Wildman–Crippen MR) is 96.3 cm³/mol. The van der Waals surface area contributed by atoms with Crippen molar-refractivity contribution in [3.05, 3.63) is 28.7 Å². The molecule has 0 aromatic heterocycles. The molecule has 1 amide bonds. The number of methoxy groups -OCH3 is 2. The number of nitrogens with zero attached hydrogens (tertiary/aromatic N) is 1. The van der Waals surface area contributed by atoms with Crippen molar-refractivity contribution < 1.29 is 24.2 Å². The van der Waals surface area contributed by atoms with Gasteiger partial charge in [0.1, 0.15) is 10.4 Å². The Balaban J connectivity index is 2.41. The van der Waals surface area contributed by atoms with Crippen molar-refractivity contribution in [3.63, 3.8) is 0 Å². The molecule has 0 bridgehead atoms. The zero-order chi connectivity index (χ0) is 17.9. The number of hydrogen-bond acceptors (Lipinski definition) is 6. The minimum atomic E-state index is -1.07. The number of ether oxygens (including phenoxy) is 2. The minimum Gasteiger partial charge on any atom is -0.493 e. The number of carboxylic acid groups (broad SMARTS) is 1. The molecular formula is C16H17NO5S2. The van der Waals surface area contributed by atoms with Gasteiger partial charge in [0, 0.05) is 5.56 Å². The normalized spacial score (nSPS) is 17.3. The smallest absolute Gasteiger partial charge is 0.326 e. The van der Waals surface area contributed by atoms with Crippen LogP contribution in [0.5, 0.6) is 11.5 Å². The van der Waals surface area contributed by atoms with E-state index in [4.69, 9.17) is 21.7 Å². The van der Waals surface area contributed by atoms with Gasteiger partial charge in [-0.3, -0.25) is 9.69 Å². The molecule has 8 heteroatoms. The van der Waals surface area contributed by atoms with Gasteiger partial charge in [0.05, 0.1) is 19.1 Å². The highest BCUT2D eigenvalue weighted by Crippen LogP contribution is 2.38. The highest BCUT2D eigenvalue weighted by atomic mass is 32.2. The zero-order valence-corrected chi connectivity index (χ0v) is 15.1. The Morgan fingerprint density at radius 3 is 2.67 bits per heavy atom. The van der Waals surface area contributed by atoms with Crippen molar-refractivity contribution in [2.45, 2.75) is 19.4 Å². The van der Waals surface area contributed by atoms with Gasteiger partial charge in [-0.1, -0.05) is 43.0 Å². The van der Waals surface area contributed by atoms with Crippen LogP contribution in [0.1, 0.15) is 18.9 Å². The Morgan fingerprint density at radius 2 is 2.12 bits per heavy atom. The Hall–Kier alpha value is -2.06. The predicted octanol–water partition coefficient (Wildman–Crippen LogP) is 2.77. The van der Waals surface area contributed by atoms with Crippen LogP contribution < -0.4 is 9.47 Å². The Bertz CT molecular complexity index is 716. The molecule has 1 aromatic carbocycles. The highest BCUT2D eigenvalue weighted by Gasteiger charge is 2.39. The van der Waals surface area contributed by atoms with E-state index in [0.29, 0.717) is 22.0 Å². The number of carbonyl (C=O) groups excluding carboxylic acids is 1. The van der Waals surface area contributed by atoms with E-state index in [0.717, 1.165) is 16.7 Å². The van der Waals surface area contributed by atoms with E-state index >= 15 is 0 Å². The summed E-state index contributed by atoms with van der Waals surface area (Å²) in [6.45, 7) is 1.70. The molecule has 1 aliphatic heterocycles. The number of benzene rings is 1. The first-order valence-corrected chi connectivity index (χ1v) is 8.37. The van der Waals surface area contributed by atoms with E-state index in [-0.39, 0.29) is 10.7 Å². The summed E-state index contributed by atoms with van der Waals surface area (Å²) in [6, 6.07) is 4.34. The lowest BCUT2D eigenvalue weighted by Gasteiger charge is -2.21. The number of amides is 1. The van der Waals surface area contributed by atoms with Crippen LogP contribution in [0.3, 0.4) is 0 Å². The monoisotopic (exact) mass is 367 g/mol. The van der Waals surface area contributed by atoms with Crippen molar-refractivity contribution in [2.75, 3.05) is 14.2 Å². The van der Waals surface area contributed by atoms with Gasteiger partial charge in [0.15, 0.2) is 11.5 Å². The second-order valence-corrected chi connectivity index (χ2v) is 6.57. The van der Waals surface area contributed by atoms with E-state index in [2.05, 4.69) is 0 Å². The first-order valence-electron chi connectivity index (χ1n) is 7.15. The van der Waals surface area contributed by atoms with Gasteiger partial charge in [-0.2, -0.15) is 0 Å². The van der Waals surface area contributed by atoms with Gasteiger partial charge in [0.25, 0.3) is 5.91 Å². The van der Waals surface area contributed by atoms with Crippen molar-refractivity contribution in [1.29, 1.82) is 0 Å². The SMILES string of the molecule is CC[C@H](C(=O)O)N1C(=O)C(=Cc2cccc(OC)c2OC)SC1=S. The van der Waals surface area contributed by atoms with Crippen LogP contribution >= 0.6 is 24.0 Å². The molecule has 1 saturated heterocycles. The summed E-state index contributed by atoms with van der Waals surface area (Å²) in [5, 5.41) is 9.28. The zero-order valence-electron chi connectivity index (χ0n) is 13.4. The molecule has 0 radical (unpaired) electrons. The molecule has 1 aromatic rings. The summed E-state index contributed by atoms with van der Waals surface area (Å²) in [7, 11) is 3.04. The van der Waals surface area contributed by atoms with Crippen LogP contribution in [-0.4, -0.2) is 46.5 Å². The third-order valence-electron chi connectivity index (χ3n) is 3.53. The summed E-state index contributed by atoms with van der Waals surface area (Å²) in [4.78, 5) is 25.4. The molecule has 1 fully saturated rings. The number of thioether (sulfide) groups is 1. The first kappa shape index (κ1) is 18.3. The molecule has 128 valence electrons. The topological polar surface area (TPSA) is 76.1 Å². The Kier molecular flexibility index (Phi) is 5.84. The fraction of sp³-hybridized carbons (Fsp3) is 0.312. The van der Waals surface area contributed by atoms with Crippen LogP contribution in [0.15, 0.2) is 23.1 Å². The van der Waals surface area contributed by atoms with Gasteiger partial charge < -0.3 is 14.6 Å². The maximum Gasteiger partial charge on any atom is 0.326 e. The van der Waals surface area contributed by atoms with Crippen molar-refractivity contribution in [3.8, 4) is 11.5 Å². The van der Waals surface area contributed by atoms with Crippen LogP contribution in [-0.2, 0) is 9.59 Å². The molecular weight excluding hydrogens is 350 g/mol. The van der Waals surface area contributed by atoms with Crippen LogP contribution in [0.2, 0.25) is 0 Å². The lowest BCUT2D eigenvalue weighted by atomic mass is 10.1. The lowest BCUT2D eigenvalue weighted by Crippen LogP contribution is -2.43. The third-order valence-corrected chi connectivity index (χ3v) is 4.86. The van der Waals surface area contributed by atoms with Crippen molar-refractivity contribution in [2.24, 2.45) is 0 Å². The molecule has 2 rings (SSSR count). The van der Waals surface area contributed by atoms with Gasteiger partial charge >= 0.3 is 5.97 Å². The van der Waals surface area contributed by atoms with E-state index < -0.39 is 17.9 Å². The number of thiocarbonyl (C=S) groups is 1. The first-order chi connectivity index (χ1) is 11.4. The average Bonchev–Trinajstić information content (AvgIpc) is 2.82. The molecule has 1 atom stereocenters. The van der Waals surface area contributed by atoms with Gasteiger partial charge in [-0.15, -0.1) is 0 Å². The van der Waals surface area contributed by atoms with E-state index in [9.17, 15) is 14.7 Å². The highest BCUT2D eigenvalue weighted by molar-refractivity contribution is 8.26. The van der Waals surface area contributed by atoms with Crippen LogP contribution in [0.4, 0.5) is 0 Å². The van der Waals surface area contributed by atoms with Gasteiger partial charge in [-0.05, 0) is 18.6 Å². The Morgan fingerprint density at radius 1 is 1.42 bits per heavy atom. The molecule has 24 heavy (non-hydrogen) atoms. The fourth-order valence-corrected chi connectivity index (χ4v) is 3.73. The van der Waals surface area contributed by atoms with Crippen LogP contribution in [0.25, 0.3) is 6.08 Å². The fourth-order valence-electron chi connectivity index (χ4n) is 2.38. The molecule has 1 heterocycles. The standard InChI is InChI=1S/C16H17NO5S2/c1-4-10(15(19)20)17-14(18)12(24-16(17)23)8-9-6-5-7-11(21-2)13(9)22-3/h5-8,10H,4H2,1-3H3,(H,19,20)/t10-/m1/s1. The number of rotatable bonds is 6. The summed E-state index contributed by atoms with van der Waals surface area (Å²) in [5.41, 5.74) is 0.653. The number of carboxylic acids is 1. The van der Waals surface area contributed by atoms with Crippen molar-refractivity contribution >= 4 is 46.3 Å². The Labute approximate surface area is 149 Å². The number of para-hydroxylation sites is 1. The summed E-state index contributed by atoms with van der Waals surface area (Å²) in [5.74, 6) is -0.452.